The molecule has 0 fully saturated rings. The second kappa shape index (κ2) is 12.5. The number of nitrogens with zero attached hydrogens (tertiary/aromatic N) is 3. The summed E-state index contributed by atoms with van der Waals surface area (Å²) in [5.74, 6) is 1.19. The Morgan fingerprint density at radius 3 is 2.54 bits per heavy atom. The molecule has 0 aliphatic carbocycles. The summed E-state index contributed by atoms with van der Waals surface area (Å²) < 4.78 is 19.0. The SMILES string of the molecule is CCCN(C(=O)[C@@H](N)CC(C)C)c1cc(Sc2ccc(OC)cc2)nc(Nc2cccc(F)c2)n1. The van der Waals surface area contributed by atoms with Crippen molar-refractivity contribution >= 4 is 35.1 Å². The summed E-state index contributed by atoms with van der Waals surface area (Å²) in [4.78, 5) is 25.0. The molecule has 1 aromatic heterocycles. The number of carbonyl (C=O) groups is 1. The van der Waals surface area contributed by atoms with Crippen molar-refractivity contribution in [2.75, 3.05) is 23.9 Å². The molecule has 3 N–H and O–H groups in total. The average molecular weight is 498 g/mol. The summed E-state index contributed by atoms with van der Waals surface area (Å²) in [7, 11) is 1.62. The molecule has 0 aliphatic heterocycles. The van der Waals surface area contributed by atoms with Crippen LogP contribution in [0, 0.1) is 11.7 Å². The minimum absolute atomic E-state index is 0.184. The highest BCUT2D eigenvalue weighted by atomic mass is 32.2. The number of hydrogen-bond donors (Lipinski definition) is 2. The van der Waals surface area contributed by atoms with Gasteiger partial charge < -0.3 is 15.8 Å². The van der Waals surface area contributed by atoms with Crippen molar-refractivity contribution in [2.45, 2.75) is 49.6 Å². The van der Waals surface area contributed by atoms with E-state index in [-0.39, 0.29) is 23.6 Å². The molecule has 35 heavy (non-hydrogen) atoms. The zero-order valence-corrected chi connectivity index (χ0v) is 21.3. The van der Waals surface area contributed by atoms with Gasteiger partial charge in [-0.15, -0.1) is 0 Å². The first-order valence-electron chi connectivity index (χ1n) is 11.6. The van der Waals surface area contributed by atoms with Crippen molar-refractivity contribution in [1.29, 1.82) is 0 Å². The minimum atomic E-state index is -0.631. The number of amides is 1. The Labute approximate surface area is 210 Å². The molecule has 1 heterocycles. The van der Waals surface area contributed by atoms with Crippen LogP contribution in [0.15, 0.2) is 64.5 Å². The van der Waals surface area contributed by atoms with Gasteiger partial charge >= 0.3 is 0 Å². The van der Waals surface area contributed by atoms with Crippen LogP contribution in [0.1, 0.15) is 33.6 Å². The van der Waals surface area contributed by atoms with Gasteiger partial charge in [-0.05, 0) is 61.2 Å². The van der Waals surface area contributed by atoms with Crippen molar-refractivity contribution < 1.29 is 13.9 Å². The predicted molar refractivity (Wildman–Crippen MR) is 139 cm³/mol. The van der Waals surface area contributed by atoms with Crippen LogP contribution < -0.4 is 20.7 Å². The molecule has 1 atom stereocenters. The summed E-state index contributed by atoms with van der Waals surface area (Å²) in [6, 6.07) is 14.8. The molecule has 0 bridgehead atoms. The van der Waals surface area contributed by atoms with Gasteiger partial charge in [-0.2, -0.15) is 4.98 Å². The first-order valence-corrected chi connectivity index (χ1v) is 12.4. The van der Waals surface area contributed by atoms with Gasteiger partial charge in [-0.1, -0.05) is 38.6 Å². The minimum Gasteiger partial charge on any atom is -0.497 e. The predicted octanol–water partition coefficient (Wildman–Crippen LogP) is 5.64. The number of carbonyl (C=O) groups excluding carboxylic acids is 1. The molecule has 0 aliphatic rings. The molecule has 2 aromatic carbocycles. The number of nitrogens with two attached hydrogens (primary N) is 1. The number of rotatable bonds is 11. The number of methoxy groups -OCH3 is 1. The number of halogens is 1. The van der Waals surface area contributed by atoms with Gasteiger partial charge in [0.1, 0.15) is 22.4 Å². The molecule has 3 aromatic rings. The normalized spacial score (nSPS) is 11.9. The smallest absolute Gasteiger partial charge is 0.245 e. The Hall–Kier alpha value is -3.17. The highest BCUT2D eigenvalue weighted by Gasteiger charge is 2.25. The molecular weight excluding hydrogens is 465 g/mol. The van der Waals surface area contributed by atoms with Crippen LogP contribution in [0.25, 0.3) is 0 Å². The molecule has 186 valence electrons. The van der Waals surface area contributed by atoms with Crippen molar-refractivity contribution in [2.24, 2.45) is 11.7 Å². The van der Waals surface area contributed by atoms with Crippen molar-refractivity contribution in [3.05, 3.63) is 60.4 Å². The number of anilines is 3. The van der Waals surface area contributed by atoms with E-state index in [1.54, 1.807) is 30.2 Å². The third-order valence-electron chi connectivity index (χ3n) is 5.08. The monoisotopic (exact) mass is 497 g/mol. The third kappa shape index (κ3) is 7.66. The molecule has 0 spiro atoms. The maximum atomic E-state index is 13.7. The highest BCUT2D eigenvalue weighted by Crippen LogP contribution is 2.31. The Balaban J connectivity index is 1.99. The quantitative estimate of drug-likeness (QED) is 0.331. The first-order chi connectivity index (χ1) is 16.8. The van der Waals surface area contributed by atoms with Crippen molar-refractivity contribution in [3.63, 3.8) is 0 Å². The maximum absolute atomic E-state index is 13.7. The van der Waals surface area contributed by atoms with Crippen LogP contribution in [0.2, 0.25) is 0 Å². The summed E-state index contributed by atoms with van der Waals surface area (Å²) in [5.41, 5.74) is 6.75. The standard InChI is InChI=1S/C26H32FN5O2S/c1-5-13-32(25(33)22(28)14-17(2)3)23-16-24(35-21-11-9-20(34-4)10-12-21)31-26(30-23)29-19-8-6-7-18(27)15-19/h6-12,15-17,22H,5,13-14,28H2,1-4H3,(H,29,30,31)/t22-/m0/s1. The van der Waals surface area contributed by atoms with E-state index in [1.807, 2.05) is 45.0 Å². The molecular formula is C26H32FN5O2S. The van der Waals surface area contributed by atoms with Gasteiger partial charge in [0.2, 0.25) is 11.9 Å². The Bertz CT molecular complexity index is 1130. The second-order valence-electron chi connectivity index (χ2n) is 8.53. The summed E-state index contributed by atoms with van der Waals surface area (Å²) in [6.45, 7) is 6.53. The van der Waals surface area contributed by atoms with E-state index in [2.05, 4.69) is 15.3 Å². The number of aromatic nitrogens is 2. The number of nitrogens with one attached hydrogen (secondary N) is 1. The number of hydrogen-bond acceptors (Lipinski definition) is 7. The molecule has 0 saturated carbocycles. The molecule has 9 heteroatoms. The lowest BCUT2D eigenvalue weighted by molar-refractivity contribution is -0.120. The zero-order valence-electron chi connectivity index (χ0n) is 20.5. The van der Waals surface area contributed by atoms with Crippen LogP contribution >= 0.6 is 11.8 Å². The lowest BCUT2D eigenvalue weighted by Gasteiger charge is -2.26. The lowest BCUT2D eigenvalue weighted by Crippen LogP contribution is -2.45. The van der Waals surface area contributed by atoms with Crippen LogP contribution in [-0.2, 0) is 4.79 Å². The molecule has 3 rings (SSSR count). The van der Waals surface area contributed by atoms with Crippen LogP contribution in [-0.4, -0.2) is 35.6 Å². The second-order valence-corrected chi connectivity index (χ2v) is 9.62. The molecule has 1 amide bonds. The van der Waals surface area contributed by atoms with Crippen LogP contribution in [0.4, 0.5) is 21.8 Å². The number of benzene rings is 2. The highest BCUT2D eigenvalue weighted by molar-refractivity contribution is 7.99. The van der Waals surface area contributed by atoms with Gasteiger partial charge in [-0.3, -0.25) is 9.69 Å². The van der Waals surface area contributed by atoms with Crippen LogP contribution in [0.3, 0.4) is 0 Å². The maximum Gasteiger partial charge on any atom is 0.245 e. The van der Waals surface area contributed by atoms with E-state index in [1.165, 1.54) is 23.9 Å². The topological polar surface area (TPSA) is 93.4 Å². The molecule has 0 saturated heterocycles. The van der Waals surface area contributed by atoms with E-state index in [0.717, 1.165) is 17.1 Å². The fraction of sp³-hybridized carbons (Fsp3) is 0.346. The third-order valence-corrected chi connectivity index (χ3v) is 6.01. The fourth-order valence-electron chi connectivity index (χ4n) is 3.49. The molecule has 0 radical (unpaired) electrons. The lowest BCUT2D eigenvalue weighted by atomic mass is 10.0. The molecule has 0 unspecified atom stereocenters. The Morgan fingerprint density at radius 2 is 1.91 bits per heavy atom. The van der Waals surface area contributed by atoms with Gasteiger partial charge in [0.15, 0.2) is 0 Å². The van der Waals surface area contributed by atoms with E-state index >= 15 is 0 Å². The summed E-state index contributed by atoms with van der Waals surface area (Å²) >= 11 is 1.43. The van der Waals surface area contributed by atoms with Gasteiger partial charge in [0.25, 0.3) is 0 Å². The van der Waals surface area contributed by atoms with Crippen LogP contribution in [0.5, 0.6) is 5.75 Å². The zero-order chi connectivity index (χ0) is 25.4. The largest absolute Gasteiger partial charge is 0.497 e. The van der Waals surface area contributed by atoms with Crippen molar-refractivity contribution in [3.8, 4) is 5.75 Å². The number of ether oxygens (including phenoxy) is 1. The Morgan fingerprint density at radius 1 is 1.17 bits per heavy atom. The summed E-state index contributed by atoms with van der Waals surface area (Å²) in [6.07, 6.45) is 1.31. The van der Waals surface area contributed by atoms with E-state index in [9.17, 15) is 9.18 Å². The van der Waals surface area contributed by atoms with E-state index in [4.69, 9.17) is 10.5 Å². The van der Waals surface area contributed by atoms with Gasteiger partial charge in [-0.25, -0.2) is 9.37 Å². The Kier molecular flexibility index (Phi) is 9.45. The first kappa shape index (κ1) is 26.4. The van der Waals surface area contributed by atoms with E-state index < -0.39 is 6.04 Å². The van der Waals surface area contributed by atoms with Gasteiger partial charge in [0.05, 0.1) is 13.2 Å². The summed E-state index contributed by atoms with van der Waals surface area (Å²) in [5, 5.41) is 3.69. The van der Waals surface area contributed by atoms with Gasteiger partial charge in [0, 0.05) is 23.2 Å². The van der Waals surface area contributed by atoms with Crippen molar-refractivity contribution in [1.82, 2.24) is 9.97 Å². The fourth-order valence-corrected chi connectivity index (χ4v) is 4.30. The van der Waals surface area contributed by atoms with E-state index in [0.29, 0.717) is 29.5 Å². The molecule has 7 nitrogen and oxygen atoms in total. The average Bonchev–Trinajstić information content (AvgIpc) is 2.82.